The molecular weight excluding hydrogens is 363 g/mol. The zero-order chi connectivity index (χ0) is 17.6. The summed E-state index contributed by atoms with van der Waals surface area (Å²) in [5.74, 6) is -0.104. The number of halogens is 2. The van der Waals surface area contributed by atoms with E-state index in [0.29, 0.717) is 21.4 Å². The van der Waals surface area contributed by atoms with Crippen LogP contribution in [0, 0.1) is 12.7 Å². The second-order valence-electron chi connectivity index (χ2n) is 5.64. The molecule has 4 aromatic rings. The van der Waals surface area contributed by atoms with Crippen molar-refractivity contribution in [3.63, 3.8) is 0 Å². The van der Waals surface area contributed by atoms with Crippen LogP contribution < -0.4 is 0 Å². The van der Waals surface area contributed by atoms with Crippen molar-refractivity contribution >= 4 is 27.9 Å². The van der Waals surface area contributed by atoms with Crippen molar-refractivity contribution in [2.45, 2.75) is 26.8 Å². The van der Waals surface area contributed by atoms with E-state index in [2.05, 4.69) is 27.3 Å². The van der Waals surface area contributed by atoms with E-state index < -0.39 is 5.82 Å². The van der Waals surface area contributed by atoms with E-state index in [1.165, 1.54) is 17.4 Å². The van der Waals surface area contributed by atoms with Crippen molar-refractivity contribution in [1.29, 1.82) is 0 Å². The SMILES string of the molecule is CCCn1nc(C)cc1-c1nn2c(-c3ccc(Cl)cc3F)nnc2s1. The van der Waals surface area contributed by atoms with Gasteiger partial charge in [0.15, 0.2) is 10.8 Å². The Balaban J connectivity index is 1.84. The van der Waals surface area contributed by atoms with Crippen LogP contribution in [0.4, 0.5) is 4.39 Å². The van der Waals surface area contributed by atoms with Gasteiger partial charge in [0, 0.05) is 11.6 Å². The van der Waals surface area contributed by atoms with Crippen molar-refractivity contribution in [3.8, 4) is 22.1 Å². The number of nitrogens with zero attached hydrogens (tertiary/aromatic N) is 6. The zero-order valence-corrected chi connectivity index (χ0v) is 15.1. The van der Waals surface area contributed by atoms with Crippen LogP contribution in [0.5, 0.6) is 0 Å². The van der Waals surface area contributed by atoms with Crippen LogP contribution in [0.1, 0.15) is 19.0 Å². The second kappa shape index (κ2) is 6.20. The standard InChI is InChI=1S/C16H14ClFN6S/c1-3-6-23-13(7-9(2)21-23)15-22-24-14(19-20-16(24)25-15)11-5-4-10(17)8-12(11)18/h4-5,7-8H,3,6H2,1-2H3. The molecule has 6 nitrogen and oxygen atoms in total. The third-order valence-electron chi connectivity index (χ3n) is 3.72. The van der Waals surface area contributed by atoms with Crippen LogP contribution in [0.15, 0.2) is 24.3 Å². The number of aryl methyl sites for hydroxylation is 2. The molecule has 0 unspecified atom stereocenters. The van der Waals surface area contributed by atoms with Gasteiger partial charge in [0.05, 0.1) is 17.0 Å². The lowest BCUT2D eigenvalue weighted by Crippen LogP contribution is -2.02. The highest BCUT2D eigenvalue weighted by Gasteiger charge is 2.19. The van der Waals surface area contributed by atoms with Crippen molar-refractivity contribution in [2.75, 3.05) is 0 Å². The van der Waals surface area contributed by atoms with Crippen LogP contribution in [0.2, 0.25) is 5.02 Å². The van der Waals surface area contributed by atoms with Gasteiger partial charge in [-0.25, -0.2) is 4.39 Å². The lowest BCUT2D eigenvalue weighted by molar-refractivity contribution is 0.603. The van der Waals surface area contributed by atoms with Crippen LogP contribution in [0.3, 0.4) is 0 Å². The highest BCUT2D eigenvalue weighted by Crippen LogP contribution is 2.30. The Hall–Kier alpha value is -2.32. The van der Waals surface area contributed by atoms with E-state index >= 15 is 0 Å². The van der Waals surface area contributed by atoms with Crippen LogP contribution >= 0.6 is 22.9 Å². The molecule has 0 fully saturated rings. The number of aromatic nitrogens is 6. The molecule has 3 aromatic heterocycles. The number of benzene rings is 1. The molecule has 1 aromatic carbocycles. The van der Waals surface area contributed by atoms with Gasteiger partial charge in [-0.2, -0.15) is 14.7 Å². The minimum atomic E-state index is -0.455. The van der Waals surface area contributed by atoms with Crippen molar-refractivity contribution in [1.82, 2.24) is 29.6 Å². The van der Waals surface area contributed by atoms with Crippen LogP contribution in [0.25, 0.3) is 27.1 Å². The maximum Gasteiger partial charge on any atom is 0.235 e. The molecule has 0 N–H and O–H groups in total. The van der Waals surface area contributed by atoms with Gasteiger partial charge in [-0.3, -0.25) is 4.68 Å². The number of hydrogen-bond donors (Lipinski definition) is 0. The number of fused-ring (bicyclic) bond motifs is 1. The summed E-state index contributed by atoms with van der Waals surface area (Å²) < 4.78 is 17.7. The van der Waals surface area contributed by atoms with Gasteiger partial charge in [0.2, 0.25) is 4.96 Å². The molecule has 9 heteroatoms. The predicted octanol–water partition coefficient (Wildman–Crippen LogP) is 4.23. The molecule has 0 aliphatic rings. The van der Waals surface area contributed by atoms with Crippen molar-refractivity contribution in [2.24, 2.45) is 0 Å². The van der Waals surface area contributed by atoms with Crippen molar-refractivity contribution in [3.05, 3.63) is 40.8 Å². The smallest absolute Gasteiger partial charge is 0.235 e. The van der Waals surface area contributed by atoms with Crippen LogP contribution in [-0.4, -0.2) is 29.6 Å². The lowest BCUT2D eigenvalue weighted by atomic mass is 10.2. The maximum atomic E-state index is 14.2. The molecule has 0 saturated carbocycles. The Bertz CT molecular complexity index is 1070. The molecule has 3 heterocycles. The van der Waals surface area contributed by atoms with E-state index in [9.17, 15) is 4.39 Å². The summed E-state index contributed by atoms with van der Waals surface area (Å²) in [4.78, 5) is 0.598. The average Bonchev–Trinajstić information content (AvgIpc) is 3.22. The van der Waals surface area contributed by atoms with Gasteiger partial charge in [0.25, 0.3) is 0 Å². The average molecular weight is 377 g/mol. The highest BCUT2D eigenvalue weighted by atomic mass is 35.5. The van der Waals surface area contributed by atoms with E-state index in [-0.39, 0.29) is 0 Å². The fourth-order valence-electron chi connectivity index (χ4n) is 2.66. The Labute approximate surface area is 151 Å². The van der Waals surface area contributed by atoms with E-state index in [1.54, 1.807) is 16.6 Å². The number of hydrogen-bond acceptors (Lipinski definition) is 5. The summed E-state index contributed by atoms with van der Waals surface area (Å²) in [5, 5.41) is 18.4. The summed E-state index contributed by atoms with van der Waals surface area (Å²) in [6, 6.07) is 6.45. The Kier molecular flexibility index (Phi) is 4.01. The molecule has 0 radical (unpaired) electrons. The topological polar surface area (TPSA) is 60.9 Å². The first kappa shape index (κ1) is 16.2. The lowest BCUT2D eigenvalue weighted by Gasteiger charge is -2.02. The zero-order valence-electron chi connectivity index (χ0n) is 13.6. The maximum absolute atomic E-state index is 14.2. The monoisotopic (exact) mass is 376 g/mol. The van der Waals surface area contributed by atoms with E-state index in [0.717, 1.165) is 29.4 Å². The molecule has 0 bridgehead atoms. The van der Waals surface area contributed by atoms with Gasteiger partial charge < -0.3 is 0 Å². The molecule has 128 valence electrons. The Morgan fingerprint density at radius 2 is 2.04 bits per heavy atom. The summed E-state index contributed by atoms with van der Waals surface area (Å²) in [6.45, 7) is 4.85. The van der Waals surface area contributed by atoms with Gasteiger partial charge in [-0.05, 0) is 37.6 Å². The molecule has 0 atom stereocenters. The normalized spacial score (nSPS) is 11.5. The van der Waals surface area contributed by atoms with Gasteiger partial charge in [-0.15, -0.1) is 10.2 Å². The molecular formula is C16H14ClFN6S. The molecule has 0 amide bonds. The van der Waals surface area contributed by atoms with Crippen LogP contribution in [-0.2, 0) is 6.54 Å². The summed E-state index contributed by atoms with van der Waals surface area (Å²) in [5.41, 5.74) is 2.17. The quantitative estimate of drug-likeness (QED) is 0.534. The third-order valence-corrected chi connectivity index (χ3v) is 4.88. The predicted molar refractivity (Wildman–Crippen MR) is 95.3 cm³/mol. The van der Waals surface area contributed by atoms with Gasteiger partial charge in [-0.1, -0.05) is 29.9 Å². The van der Waals surface area contributed by atoms with E-state index in [4.69, 9.17) is 11.6 Å². The first-order valence-corrected chi connectivity index (χ1v) is 8.98. The van der Waals surface area contributed by atoms with Gasteiger partial charge >= 0.3 is 0 Å². The fraction of sp³-hybridized carbons (Fsp3) is 0.250. The molecule has 0 aliphatic carbocycles. The van der Waals surface area contributed by atoms with Crippen molar-refractivity contribution < 1.29 is 4.39 Å². The van der Waals surface area contributed by atoms with Gasteiger partial charge in [0.1, 0.15) is 5.82 Å². The largest absolute Gasteiger partial charge is 0.262 e. The summed E-state index contributed by atoms with van der Waals surface area (Å²) in [7, 11) is 0. The number of rotatable bonds is 4. The molecule has 0 saturated heterocycles. The molecule has 25 heavy (non-hydrogen) atoms. The first-order chi connectivity index (χ1) is 12.1. The third kappa shape index (κ3) is 2.81. The molecule has 4 rings (SSSR count). The minimum Gasteiger partial charge on any atom is -0.262 e. The van der Waals surface area contributed by atoms with E-state index in [1.807, 2.05) is 17.7 Å². The second-order valence-corrected chi connectivity index (χ2v) is 7.04. The minimum absolute atomic E-state index is 0.312. The fourth-order valence-corrected chi connectivity index (χ4v) is 3.68. The Morgan fingerprint density at radius 1 is 1.20 bits per heavy atom. The highest BCUT2D eigenvalue weighted by molar-refractivity contribution is 7.19. The first-order valence-electron chi connectivity index (χ1n) is 7.79. The molecule has 0 spiro atoms. The summed E-state index contributed by atoms with van der Waals surface area (Å²) >= 11 is 7.22. The molecule has 0 aliphatic heterocycles. The Morgan fingerprint density at radius 3 is 2.80 bits per heavy atom. The summed E-state index contributed by atoms with van der Waals surface area (Å²) in [6.07, 6.45) is 0.972.